The highest BCUT2D eigenvalue weighted by molar-refractivity contribution is 5.75. The lowest BCUT2D eigenvalue weighted by Crippen LogP contribution is -2.55. The summed E-state index contributed by atoms with van der Waals surface area (Å²) < 4.78 is 0. The third kappa shape index (κ3) is 1.45. The van der Waals surface area contributed by atoms with Crippen LogP contribution in [0.15, 0.2) is 0 Å². The molecule has 2 fully saturated rings. The number of piperidine rings is 1. The van der Waals surface area contributed by atoms with Crippen LogP contribution in [0.3, 0.4) is 0 Å². The van der Waals surface area contributed by atoms with Gasteiger partial charge in [-0.1, -0.05) is 0 Å². The van der Waals surface area contributed by atoms with Gasteiger partial charge in [0.05, 0.1) is 12.1 Å². The summed E-state index contributed by atoms with van der Waals surface area (Å²) in [5.41, 5.74) is 0. The third-order valence-electron chi connectivity index (χ3n) is 3.40. The molecule has 2 heterocycles. The number of carbonyl (C=O) groups is 2. The van der Waals surface area contributed by atoms with Crippen LogP contribution >= 0.6 is 0 Å². The lowest BCUT2D eigenvalue weighted by molar-refractivity contribution is -0.151. The number of fused-ring (bicyclic) bond motifs is 2. The minimum absolute atomic E-state index is 0.210. The van der Waals surface area contributed by atoms with Crippen LogP contribution in [0.4, 0.5) is 4.79 Å². The molecule has 0 aliphatic carbocycles. The minimum Gasteiger partial charge on any atom is -0.481 e. The molecule has 2 rings (SSSR count). The second-order valence-corrected chi connectivity index (χ2v) is 4.16. The molecule has 2 aliphatic heterocycles. The predicted molar refractivity (Wildman–Crippen MR) is 48.4 cm³/mol. The minimum atomic E-state index is -1.11. The summed E-state index contributed by atoms with van der Waals surface area (Å²) in [5, 5.41) is 27.5. The summed E-state index contributed by atoms with van der Waals surface area (Å²) in [6, 6.07) is -0.771. The van der Waals surface area contributed by atoms with Gasteiger partial charge in [0.15, 0.2) is 0 Å². The van der Waals surface area contributed by atoms with Crippen molar-refractivity contribution >= 4 is 12.1 Å². The molecule has 0 aromatic rings. The van der Waals surface area contributed by atoms with Gasteiger partial charge in [-0.3, -0.25) is 4.79 Å². The Morgan fingerprint density at radius 1 is 1.20 bits per heavy atom. The van der Waals surface area contributed by atoms with E-state index in [1.165, 1.54) is 4.90 Å². The van der Waals surface area contributed by atoms with Crippen LogP contribution in [-0.4, -0.2) is 50.5 Å². The molecule has 84 valence electrons. The molecule has 0 unspecified atom stereocenters. The Hall–Kier alpha value is -1.30. The highest BCUT2D eigenvalue weighted by Gasteiger charge is 2.51. The highest BCUT2D eigenvalue weighted by atomic mass is 16.4. The van der Waals surface area contributed by atoms with Gasteiger partial charge < -0.3 is 20.2 Å². The van der Waals surface area contributed by atoms with Crippen molar-refractivity contribution in [3.05, 3.63) is 0 Å². The number of aliphatic hydroxyl groups is 1. The first-order valence-electron chi connectivity index (χ1n) is 4.94. The molecule has 1 amide bonds. The van der Waals surface area contributed by atoms with E-state index in [0.717, 1.165) is 0 Å². The van der Waals surface area contributed by atoms with E-state index < -0.39 is 30.1 Å². The number of carboxylic acid groups (broad SMARTS) is 2. The summed E-state index contributed by atoms with van der Waals surface area (Å²) in [6.45, 7) is 0. The fraction of sp³-hybridized carbons (Fsp3) is 0.778. The van der Waals surface area contributed by atoms with Crippen molar-refractivity contribution in [2.24, 2.45) is 5.92 Å². The standard InChI is InChI=1S/C9H13NO5/c11-6-3-4-1-2-5(7(6)8(12)13)10(4)9(14)15/h4-7,11H,1-3H2,(H,12,13)(H,14,15)/t4-,5+,6-,7+/m0/s1. The second-order valence-electron chi connectivity index (χ2n) is 4.16. The number of aliphatic hydroxyl groups excluding tert-OH is 1. The van der Waals surface area contributed by atoms with E-state index in [2.05, 4.69) is 0 Å². The zero-order chi connectivity index (χ0) is 11.2. The number of carboxylic acids is 1. The van der Waals surface area contributed by atoms with Gasteiger partial charge in [-0.2, -0.15) is 0 Å². The van der Waals surface area contributed by atoms with Crippen molar-refractivity contribution in [1.82, 2.24) is 4.90 Å². The Morgan fingerprint density at radius 3 is 2.40 bits per heavy atom. The van der Waals surface area contributed by atoms with E-state index >= 15 is 0 Å². The average Bonchev–Trinajstić information content (AvgIpc) is 2.41. The number of hydrogen-bond donors (Lipinski definition) is 3. The van der Waals surface area contributed by atoms with Crippen molar-refractivity contribution in [2.45, 2.75) is 37.5 Å². The number of amides is 1. The predicted octanol–water partition coefficient (Wildman–Crippen LogP) is -0.0372. The van der Waals surface area contributed by atoms with Crippen molar-refractivity contribution in [3.8, 4) is 0 Å². The molecule has 4 atom stereocenters. The van der Waals surface area contributed by atoms with Crippen LogP contribution in [0.2, 0.25) is 0 Å². The molecule has 2 aliphatic rings. The third-order valence-corrected chi connectivity index (χ3v) is 3.40. The zero-order valence-corrected chi connectivity index (χ0v) is 8.04. The van der Waals surface area contributed by atoms with E-state index in [1.54, 1.807) is 0 Å². The van der Waals surface area contributed by atoms with Crippen LogP contribution in [-0.2, 0) is 4.79 Å². The monoisotopic (exact) mass is 215 g/mol. The Labute approximate surface area is 86.1 Å². The fourth-order valence-electron chi connectivity index (χ4n) is 2.81. The number of aliphatic carboxylic acids is 1. The molecule has 2 saturated heterocycles. The maximum Gasteiger partial charge on any atom is 0.407 e. The molecule has 0 spiro atoms. The van der Waals surface area contributed by atoms with E-state index in [0.29, 0.717) is 12.8 Å². The molecule has 3 N–H and O–H groups in total. The molecule has 0 radical (unpaired) electrons. The van der Waals surface area contributed by atoms with Gasteiger partial charge >= 0.3 is 12.1 Å². The topological polar surface area (TPSA) is 98.1 Å². The first kappa shape index (κ1) is 10.2. The maximum absolute atomic E-state index is 10.9. The summed E-state index contributed by atoms with van der Waals surface area (Å²) >= 11 is 0. The Kier molecular flexibility index (Phi) is 2.30. The van der Waals surface area contributed by atoms with E-state index in [-0.39, 0.29) is 12.5 Å². The Bertz CT molecular complexity index is 305. The summed E-state index contributed by atoms with van der Waals surface area (Å²) in [4.78, 5) is 23.1. The Balaban J connectivity index is 2.27. The first-order valence-corrected chi connectivity index (χ1v) is 4.94. The van der Waals surface area contributed by atoms with Crippen molar-refractivity contribution in [2.75, 3.05) is 0 Å². The molecular formula is C9H13NO5. The molecule has 6 nitrogen and oxygen atoms in total. The smallest absolute Gasteiger partial charge is 0.407 e. The Morgan fingerprint density at radius 2 is 1.87 bits per heavy atom. The van der Waals surface area contributed by atoms with E-state index in [4.69, 9.17) is 10.2 Å². The van der Waals surface area contributed by atoms with Crippen LogP contribution in [0, 0.1) is 5.92 Å². The normalized spacial score (nSPS) is 39.1. The average molecular weight is 215 g/mol. The molecule has 2 bridgehead atoms. The van der Waals surface area contributed by atoms with Crippen molar-refractivity contribution in [1.29, 1.82) is 0 Å². The van der Waals surface area contributed by atoms with Crippen LogP contribution in [0.25, 0.3) is 0 Å². The molecule has 0 saturated carbocycles. The highest BCUT2D eigenvalue weighted by Crippen LogP contribution is 2.39. The fourth-order valence-corrected chi connectivity index (χ4v) is 2.81. The van der Waals surface area contributed by atoms with E-state index in [9.17, 15) is 14.7 Å². The molecule has 0 aromatic carbocycles. The van der Waals surface area contributed by atoms with Crippen LogP contribution in [0.1, 0.15) is 19.3 Å². The maximum atomic E-state index is 10.9. The van der Waals surface area contributed by atoms with Gasteiger partial charge in [0.2, 0.25) is 0 Å². The van der Waals surface area contributed by atoms with Crippen LogP contribution < -0.4 is 0 Å². The molecule has 0 aromatic heterocycles. The number of nitrogens with zero attached hydrogens (tertiary/aromatic N) is 1. The van der Waals surface area contributed by atoms with Gasteiger partial charge in [0.1, 0.15) is 5.92 Å². The molecular weight excluding hydrogens is 202 g/mol. The van der Waals surface area contributed by atoms with Gasteiger partial charge in [-0.25, -0.2) is 4.79 Å². The zero-order valence-electron chi connectivity index (χ0n) is 8.04. The van der Waals surface area contributed by atoms with Gasteiger partial charge in [-0.05, 0) is 19.3 Å². The number of rotatable bonds is 1. The van der Waals surface area contributed by atoms with Gasteiger partial charge in [0, 0.05) is 6.04 Å². The molecule has 6 heteroatoms. The quantitative estimate of drug-likeness (QED) is 0.570. The first-order chi connectivity index (χ1) is 7.02. The largest absolute Gasteiger partial charge is 0.481 e. The summed E-state index contributed by atoms with van der Waals surface area (Å²) in [7, 11) is 0. The number of hydrogen-bond acceptors (Lipinski definition) is 3. The van der Waals surface area contributed by atoms with Crippen LogP contribution in [0.5, 0.6) is 0 Å². The van der Waals surface area contributed by atoms with Crippen molar-refractivity contribution in [3.63, 3.8) is 0 Å². The van der Waals surface area contributed by atoms with Crippen molar-refractivity contribution < 1.29 is 24.9 Å². The van der Waals surface area contributed by atoms with Gasteiger partial charge in [-0.15, -0.1) is 0 Å². The van der Waals surface area contributed by atoms with Gasteiger partial charge in [0.25, 0.3) is 0 Å². The summed E-state index contributed by atoms with van der Waals surface area (Å²) in [6.07, 6.45) is -0.584. The lowest BCUT2D eigenvalue weighted by Gasteiger charge is -2.39. The van der Waals surface area contributed by atoms with E-state index in [1.807, 2.05) is 0 Å². The SMILES string of the molecule is O=C(O)[C@@H]1[C@H]2CC[C@@H](C[C@@H]1O)N2C(=O)O. The summed E-state index contributed by atoms with van der Waals surface area (Å²) in [5.74, 6) is -2.08. The second kappa shape index (κ2) is 3.37. The molecule has 15 heavy (non-hydrogen) atoms. The lowest BCUT2D eigenvalue weighted by atomic mass is 9.88.